The summed E-state index contributed by atoms with van der Waals surface area (Å²) in [7, 11) is -3.78. The molecular formula is C19H18F6N4O4S. The van der Waals surface area contributed by atoms with Gasteiger partial charge in [0.2, 0.25) is 5.95 Å². The second-order valence-electron chi connectivity index (χ2n) is 7.35. The van der Waals surface area contributed by atoms with E-state index in [0.29, 0.717) is 0 Å². The Kier molecular flexibility index (Phi) is 6.96. The highest BCUT2D eigenvalue weighted by Gasteiger charge is 2.34. The van der Waals surface area contributed by atoms with Crippen LogP contribution in [0.5, 0.6) is 5.75 Å². The lowest BCUT2D eigenvalue weighted by molar-refractivity contribution is -0.153. The number of sulfone groups is 1. The Hall–Kier alpha value is -3.10. The molecule has 0 spiro atoms. The molecule has 0 radical (unpaired) electrons. The van der Waals surface area contributed by atoms with Crippen molar-refractivity contribution in [3.63, 3.8) is 0 Å². The van der Waals surface area contributed by atoms with Crippen molar-refractivity contribution in [1.29, 1.82) is 0 Å². The Labute approximate surface area is 190 Å². The number of carbonyl (C=O) groups excluding carboxylic acids is 1. The van der Waals surface area contributed by atoms with Gasteiger partial charge in [-0.05, 0) is 24.3 Å². The fourth-order valence-electron chi connectivity index (χ4n) is 3.13. The number of piperazine rings is 1. The molecule has 186 valence electrons. The van der Waals surface area contributed by atoms with Crippen LogP contribution in [0.1, 0.15) is 16.1 Å². The molecule has 1 aliphatic heterocycles. The molecule has 0 saturated carbocycles. The first-order chi connectivity index (χ1) is 15.6. The Morgan fingerprint density at radius 2 is 1.71 bits per heavy atom. The van der Waals surface area contributed by atoms with Crippen molar-refractivity contribution in [2.45, 2.75) is 17.2 Å². The van der Waals surface area contributed by atoms with Crippen LogP contribution in [0.15, 0.2) is 35.4 Å². The van der Waals surface area contributed by atoms with Crippen LogP contribution in [0.25, 0.3) is 0 Å². The number of carbonyl (C=O) groups is 1. The minimum atomic E-state index is -4.69. The highest BCUT2D eigenvalue weighted by Crippen LogP contribution is 2.29. The maximum atomic E-state index is 13.0. The number of halogens is 6. The summed E-state index contributed by atoms with van der Waals surface area (Å²) in [6.07, 6.45) is -7.51. The van der Waals surface area contributed by atoms with Crippen molar-refractivity contribution in [2.75, 3.05) is 43.9 Å². The molecule has 15 heteroatoms. The van der Waals surface area contributed by atoms with Crippen LogP contribution in [-0.4, -0.2) is 74.4 Å². The van der Waals surface area contributed by atoms with Crippen molar-refractivity contribution in [1.82, 2.24) is 14.9 Å². The smallest absolute Gasteiger partial charge is 0.433 e. The van der Waals surface area contributed by atoms with E-state index in [1.54, 1.807) is 0 Å². The van der Waals surface area contributed by atoms with Gasteiger partial charge in [0, 0.05) is 38.6 Å². The van der Waals surface area contributed by atoms with Crippen molar-refractivity contribution >= 4 is 21.7 Å². The van der Waals surface area contributed by atoms with Gasteiger partial charge >= 0.3 is 12.4 Å². The monoisotopic (exact) mass is 512 g/mol. The summed E-state index contributed by atoms with van der Waals surface area (Å²) >= 11 is 0. The fourth-order valence-corrected chi connectivity index (χ4v) is 3.78. The minimum Gasteiger partial charge on any atom is -0.483 e. The Morgan fingerprint density at radius 3 is 2.26 bits per heavy atom. The molecule has 1 aromatic carbocycles. The van der Waals surface area contributed by atoms with Gasteiger partial charge < -0.3 is 14.5 Å². The van der Waals surface area contributed by atoms with E-state index < -0.39 is 46.1 Å². The number of nitrogens with zero attached hydrogens (tertiary/aromatic N) is 4. The van der Waals surface area contributed by atoms with E-state index in [-0.39, 0.29) is 42.6 Å². The summed E-state index contributed by atoms with van der Waals surface area (Å²) in [6, 6.07) is 3.66. The van der Waals surface area contributed by atoms with Gasteiger partial charge in [-0.1, -0.05) is 0 Å². The molecule has 0 bridgehead atoms. The molecule has 0 N–H and O–H groups in total. The molecule has 0 atom stereocenters. The minimum absolute atomic E-state index is 0.0275. The second-order valence-corrected chi connectivity index (χ2v) is 9.37. The van der Waals surface area contributed by atoms with Gasteiger partial charge in [-0.15, -0.1) is 0 Å². The van der Waals surface area contributed by atoms with Crippen LogP contribution in [0.2, 0.25) is 0 Å². The van der Waals surface area contributed by atoms with Gasteiger partial charge in [0.25, 0.3) is 5.91 Å². The molecule has 2 heterocycles. The standard InChI is InChI=1S/C19H18F6N4O4S/c1-34(31,32)12-2-3-14(33-11-18(20,21)22)13(10-12)16(30)28-6-8-29(9-7-28)17-26-5-4-15(27-17)19(23,24)25/h2-5,10H,6-9,11H2,1H3. The number of rotatable bonds is 5. The maximum absolute atomic E-state index is 13.0. The van der Waals surface area contributed by atoms with Crippen molar-refractivity contribution in [2.24, 2.45) is 0 Å². The van der Waals surface area contributed by atoms with Crippen LogP contribution in [0.4, 0.5) is 32.3 Å². The predicted octanol–water partition coefficient (Wildman–Crippen LogP) is 2.80. The zero-order chi connectivity index (χ0) is 25.3. The third kappa shape index (κ3) is 6.27. The average molecular weight is 512 g/mol. The molecule has 0 aliphatic carbocycles. The zero-order valence-corrected chi connectivity index (χ0v) is 18.3. The molecule has 8 nitrogen and oxygen atoms in total. The van der Waals surface area contributed by atoms with Crippen LogP contribution in [0.3, 0.4) is 0 Å². The number of alkyl halides is 6. The first kappa shape index (κ1) is 25.5. The van der Waals surface area contributed by atoms with Crippen LogP contribution in [0, 0.1) is 0 Å². The van der Waals surface area contributed by atoms with Gasteiger partial charge in [0.15, 0.2) is 16.4 Å². The zero-order valence-electron chi connectivity index (χ0n) is 17.5. The van der Waals surface area contributed by atoms with Gasteiger partial charge in [-0.25, -0.2) is 18.4 Å². The van der Waals surface area contributed by atoms with Gasteiger partial charge in [-0.3, -0.25) is 4.79 Å². The Bertz CT molecular complexity index is 1160. The number of benzene rings is 1. The third-order valence-electron chi connectivity index (χ3n) is 4.78. The predicted molar refractivity (Wildman–Crippen MR) is 106 cm³/mol. The molecule has 1 fully saturated rings. The number of amides is 1. The fraction of sp³-hybridized carbons (Fsp3) is 0.421. The van der Waals surface area contributed by atoms with Gasteiger partial charge in [-0.2, -0.15) is 26.3 Å². The Balaban J connectivity index is 1.80. The normalized spacial score (nSPS) is 15.4. The number of aromatic nitrogens is 2. The quantitative estimate of drug-likeness (QED) is 0.569. The SMILES string of the molecule is CS(=O)(=O)c1ccc(OCC(F)(F)F)c(C(=O)N2CCN(c3nccc(C(F)(F)F)n3)CC2)c1. The molecule has 34 heavy (non-hydrogen) atoms. The van der Waals surface area contributed by atoms with Crippen molar-refractivity contribution in [3.8, 4) is 5.75 Å². The summed E-state index contributed by atoms with van der Waals surface area (Å²) in [4.78, 5) is 22.7. The van der Waals surface area contributed by atoms with E-state index in [1.807, 2.05) is 0 Å². The molecule has 2 aromatic rings. The van der Waals surface area contributed by atoms with E-state index in [0.717, 1.165) is 36.7 Å². The van der Waals surface area contributed by atoms with Crippen molar-refractivity contribution in [3.05, 3.63) is 41.7 Å². The molecule has 0 unspecified atom stereocenters. The topological polar surface area (TPSA) is 92.7 Å². The second kappa shape index (κ2) is 9.27. The van der Waals surface area contributed by atoms with Gasteiger partial charge in [0.05, 0.1) is 10.5 Å². The van der Waals surface area contributed by atoms with Crippen LogP contribution < -0.4 is 9.64 Å². The molecule has 1 aliphatic rings. The lowest BCUT2D eigenvalue weighted by atomic mass is 10.1. The van der Waals surface area contributed by atoms with Crippen LogP contribution >= 0.6 is 0 Å². The Morgan fingerprint density at radius 1 is 1.06 bits per heavy atom. The number of hydrogen-bond acceptors (Lipinski definition) is 7. The van der Waals surface area contributed by atoms with E-state index in [9.17, 15) is 39.6 Å². The molecule has 3 rings (SSSR count). The summed E-state index contributed by atoms with van der Waals surface area (Å²) in [5.74, 6) is -1.42. The van der Waals surface area contributed by atoms with Crippen LogP contribution in [-0.2, 0) is 16.0 Å². The first-order valence-electron chi connectivity index (χ1n) is 9.63. The molecule has 1 aromatic heterocycles. The van der Waals surface area contributed by atoms with E-state index in [2.05, 4.69) is 9.97 Å². The van der Waals surface area contributed by atoms with E-state index in [4.69, 9.17) is 4.74 Å². The number of anilines is 1. The number of hydrogen-bond donors (Lipinski definition) is 0. The number of ether oxygens (including phenoxy) is 1. The summed E-state index contributed by atoms with van der Waals surface area (Å²) in [5, 5.41) is 0. The lowest BCUT2D eigenvalue weighted by Gasteiger charge is -2.35. The molecular weight excluding hydrogens is 494 g/mol. The summed E-state index contributed by atoms with van der Waals surface area (Å²) in [6.45, 7) is -1.66. The van der Waals surface area contributed by atoms with Crippen molar-refractivity contribution < 1.29 is 44.3 Å². The molecule has 1 saturated heterocycles. The molecule has 1 amide bonds. The third-order valence-corrected chi connectivity index (χ3v) is 5.89. The van der Waals surface area contributed by atoms with E-state index >= 15 is 0 Å². The highest BCUT2D eigenvalue weighted by molar-refractivity contribution is 7.90. The highest BCUT2D eigenvalue weighted by atomic mass is 32.2. The summed E-state index contributed by atoms with van der Waals surface area (Å²) < 4.78 is 105. The average Bonchev–Trinajstić information content (AvgIpc) is 2.75. The maximum Gasteiger partial charge on any atom is 0.433 e. The summed E-state index contributed by atoms with van der Waals surface area (Å²) in [5.41, 5.74) is -1.50. The van der Waals surface area contributed by atoms with Gasteiger partial charge in [0.1, 0.15) is 11.4 Å². The lowest BCUT2D eigenvalue weighted by Crippen LogP contribution is -2.49. The first-order valence-corrected chi connectivity index (χ1v) is 11.5. The largest absolute Gasteiger partial charge is 0.483 e. The van der Waals surface area contributed by atoms with E-state index in [1.165, 1.54) is 9.80 Å².